The van der Waals surface area contributed by atoms with Crippen LogP contribution in [-0.2, 0) is 27.7 Å². The Morgan fingerprint density at radius 3 is 2.49 bits per heavy atom. The lowest BCUT2D eigenvalue weighted by Crippen LogP contribution is -2.39. The number of aromatic nitrogens is 2. The number of aryl methyl sites for hydroxylation is 1. The molecule has 4 aromatic rings. The molecule has 0 bridgehead atoms. The van der Waals surface area contributed by atoms with E-state index >= 15 is 0 Å². The highest BCUT2D eigenvalue weighted by Gasteiger charge is 2.27. The number of benzene rings is 2. The molecule has 0 aliphatic carbocycles. The maximum Gasteiger partial charge on any atom is 0.410 e. The van der Waals surface area contributed by atoms with Crippen molar-refractivity contribution in [3.63, 3.8) is 0 Å². The van der Waals surface area contributed by atoms with Crippen LogP contribution in [0.2, 0.25) is 0 Å². The molecule has 0 unspecified atom stereocenters. The van der Waals surface area contributed by atoms with Gasteiger partial charge >= 0.3 is 6.09 Å². The van der Waals surface area contributed by atoms with E-state index in [1.165, 1.54) is 3.97 Å². The lowest BCUT2D eigenvalue weighted by Gasteiger charge is -2.31. The third kappa shape index (κ3) is 4.98. The van der Waals surface area contributed by atoms with E-state index in [-0.39, 0.29) is 11.0 Å². The summed E-state index contributed by atoms with van der Waals surface area (Å²) in [5.74, 6) is 0. The minimum absolute atomic E-state index is 0.236. The number of halogens is 1. The van der Waals surface area contributed by atoms with Crippen molar-refractivity contribution in [3.8, 4) is 11.1 Å². The van der Waals surface area contributed by atoms with Crippen molar-refractivity contribution in [2.45, 2.75) is 51.2 Å². The van der Waals surface area contributed by atoms with Crippen molar-refractivity contribution >= 4 is 49.6 Å². The van der Waals surface area contributed by atoms with Gasteiger partial charge in [0.25, 0.3) is 10.0 Å². The van der Waals surface area contributed by atoms with Crippen LogP contribution in [0, 0.1) is 10.5 Å². The molecule has 0 saturated carbocycles. The van der Waals surface area contributed by atoms with Crippen molar-refractivity contribution < 1.29 is 17.9 Å². The second kappa shape index (κ2) is 9.43. The quantitative estimate of drug-likeness (QED) is 0.254. The van der Waals surface area contributed by atoms with Crippen LogP contribution in [-0.4, -0.2) is 40.5 Å². The van der Waals surface area contributed by atoms with Crippen LogP contribution < -0.4 is 0 Å². The number of hydrogen-bond acceptors (Lipinski definition) is 5. The van der Waals surface area contributed by atoms with Gasteiger partial charge in [0.15, 0.2) is 0 Å². The summed E-state index contributed by atoms with van der Waals surface area (Å²) in [6, 6.07) is 13.0. The van der Waals surface area contributed by atoms with Crippen LogP contribution >= 0.6 is 22.6 Å². The molecule has 2 aromatic heterocycles. The fourth-order valence-corrected chi connectivity index (χ4v) is 6.93. The van der Waals surface area contributed by atoms with E-state index in [4.69, 9.17) is 4.74 Å². The predicted molar refractivity (Wildman–Crippen MR) is 152 cm³/mol. The Labute approximate surface area is 230 Å². The van der Waals surface area contributed by atoms with Gasteiger partial charge in [-0.05, 0) is 85.5 Å². The fraction of sp³-hybridized carbons (Fsp3) is 0.286. The average molecular weight is 630 g/mol. The maximum atomic E-state index is 13.5. The highest BCUT2D eigenvalue weighted by Crippen LogP contribution is 2.36. The summed E-state index contributed by atoms with van der Waals surface area (Å²) in [6.45, 7) is 8.60. The summed E-state index contributed by atoms with van der Waals surface area (Å²) in [6.07, 6.45) is 5.45. The van der Waals surface area contributed by atoms with E-state index in [2.05, 4.69) is 33.6 Å². The monoisotopic (exact) mass is 629 g/mol. The van der Waals surface area contributed by atoms with Gasteiger partial charge in [-0.1, -0.05) is 35.9 Å². The SMILES string of the molecule is Cc1ccc(S(=O)(=O)n2cc(I)c3c(-c4ccc5c(c4)CCN(C(=O)OC(C)(C)C)C5)cncc32)cc1. The minimum atomic E-state index is -3.78. The van der Waals surface area contributed by atoms with Crippen LogP contribution in [0.15, 0.2) is 66.0 Å². The number of amides is 1. The first kappa shape index (κ1) is 25.7. The third-order valence-electron chi connectivity index (χ3n) is 6.39. The van der Waals surface area contributed by atoms with Crippen LogP contribution in [0.3, 0.4) is 0 Å². The Morgan fingerprint density at radius 1 is 1.05 bits per heavy atom. The second-order valence-corrected chi connectivity index (χ2v) is 13.3. The predicted octanol–water partition coefficient (Wildman–Crippen LogP) is 6.15. The van der Waals surface area contributed by atoms with Crippen LogP contribution in [0.25, 0.3) is 22.0 Å². The van der Waals surface area contributed by atoms with Crippen molar-refractivity contribution in [2.24, 2.45) is 0 Å². The highest BCUT2D eigenvalue weighted by molar-refractivity contribution is 14.1. The maximum absolute atomic E-state index is 13.5. The Hall–Kier alpha value is -2.92. The second-order valence-electron chi connectivity index (χ2n) is 10.3. The smallest absolute Gasteiger partial charge is 0.410 e. The van der Waals surface area contributed by atoms with E-state index in [0.29, 0.717) is 25.0 Å². The van der Waals surface area contributed by atoms with Gasteiger partial charge in [0.05, 0.1) is 16.6 Å². The molecule has 0 spiro atoms. The van der Waals surface area contributed by atoms with Gasteiger partial charge in [-0.2, -0.15) is 0 Å². The summed E-state index contributed by atoms with van der Waals surface area (Å²) < 4.78 is 34.6. The Kier molecular flexibility index (Phi) is 6.56. The van der Waals surface area contributed by atoms with Gasteiger partial charge < -0.3 is 9.64 Å². The Bertz CT molecular complexity index is 1620. The average Bonchev–Trinajstić information content (AvgIpc) is 3.20. The molecule has 0 N–H and O–H groups in total. The molecule has 0 radical (unpaired) electrons. The molecule has 0 fully saturated rings. The van der Waals surface area contributed by atoms with E-state index in [1.807, 2.05) is 39.8 Å². The van der Waals surface area contributed by atoms with Crippen molar-refractivity contribution in [2.75, 3.05) is 6.54 Å². The Morgan fingerprint density at radius 2 is 1.78 bits per heavy atom. The summed E-state index contributed by atoms with van der Waals surface area (Å²) in [5.41, 5.74) is 5.08. The number of hydrogen-bond donors (Lipinski definition) is 0. The topological polar surface area (TPSA) is 81.5 Å². The van der Waals surface area contributed by atoms with Gasteiger partial charge in [-0.15, -0.1) is 0 Å². The molecule has 9 heteroatoms. The lowest BCUT2D eigenvalue weighted by molar-refractivity contribution is 0.0224. The number of carbonyl (C=O) groups is 1. The largest absolute Gasteiger partial charge is 0.444 e. The number of nitrogens with zero attached hydrogens (tertiary/aromatic N) is 3. The summed E-state index contributed by atoms with van der Waals surface area (Å²) in [5, 5.41) is 0.845. The molecule has 7 nitrogen and oxygen atoms in total. The number of fused-ring (bicyclic) bond motifs is 2. The number of ether oxygens (including phenoxy) is 1. The normalized spacial score (nSPS) is 14.0. The van der Waals surface area contributed by atoms with E-state index in [0.717, 1.165) is 36.8 Å². The number of carbonyl (C=O) groups excluding carboxylic acids is 1. The van der Waals surface area contributed by atoms with Gasteiger partial charge in [-0.25, -0.2) is 17.2 Å². The highest BCUT2D eigenvalue weighted by atomic mass is 127. The van der Waals surface area contributed by atoms with Crippen LogP contribution in [0.4, 0.5) is 4.79 Å². The van der Waals surface area contributed by atoms with E-state index < -0.39 is 15.6 Å². The molecule has 192 valence electrons. The van der Waals surface area contributed by atoms with Crippen LogP contribution in [0.1, 0.15) is 37.5 Å². The minimum Gasteiger partial charge on any atom is -0.444 e. The molecule has 2 aromatic carbocycles. The van der Waals surface area contributed by atoms with E-state index in [1.54, 1.807) is 47.8 Å². The third-order valence-corrected chi connectivity index (χ3v) is 8.90. The molecule has 37 heavy (non-hydrogen) atoms. The van der Waals surface area contributed by atoms with E-state index in [9.17, 15) is 13.2 Å². The molecular weight excluding hydrogens is 601 g/mol. The standard InChI is InChI=1S/C28H28IN3O4S/c1-18-5-9-22(10-6-18)37(34,35)32-17-24(29)26-23(14-30-15-25(26)32)20-7-8-21-16-31(12-11-19(21)13-20)27(33)36-28(2,3)4/h5-10,13-15,17H,11-12,16H2,1-4H3. The van der Waals surface area contributed by atoms with Gasteiger partial charge in [0, 0.05) is 40.0 Å². The first-order valence-electron chi connectivity index (χ1n) is 12.0. The number of pyridine rings is 1. The molecular formula is C28H28IN3O4S. The van der Waals surface area contributed by atoms with Crippen molar-refractivity contribution in [1.82, 2.24) is 13.9 Å². The first-order chi connectivity index (χ1) is 17.4. The van der Waals surface area contributed by atoms with Gasteiger partial charge in [-0.3, -0.25) is 4.98 Å². The van der Waals surface area contributed by atoms with Crippen molar-refractivity contribution in [1.29, 1.82) is 0 Å². The molecule has 0 atom stereocenters. The van der Waals surface area contributed by atoms with Crippen molar-refractivity contribution in [3.05, 3.63) is 81.3 Å². The molecule has 5 rings (SSSR count). The zero-order chi connectivity index (χ0) is 26.5. The molecule has 1 aliphatic heterocycles. The Balaban J connectivity index is 1.51. The molecule has 1 amide bonds. The fourth-order valence-electron chi connectivity index (χ4n) is 4.55. The van der Waals surface area contributed by atoms with Gasteiger partial charge in [0.2, 0.25) is 0 Å². The lowest BCUT2D eigenvalue weighted by atomic mass is 9.94. The van der Waals surface area contributed by atoms with Gasteiger partial charge in [0.1, 0.15) is 5.60 Å². The number of rotatable bonds is 3. The summed E-state index contributed by atoms with van der Waals surface area (Å²) in [4.78, 5) is 18.9. The summed E-state index contributed by atoms with van der Waals surface area (Å²) in [7, 11) is -3.78. The molecule has 1 aliphatic rings. The zero-order valence-electron chi connectivity index (χ0n) is 21.2. The van der Waals surface area contributed by atoms with Crippen LogP contribution in [0.5, 0.6) is 0 Å². The molecule has 0 saturated heterocycles. The zero-order valence-corrected chi connectivity index (χ0v) is 24.1. The first-order valence-corrected chi connectivity index (χ1v) is 14.5. The molecule has 3 heterocycles. The summed E-state index contributed by atoms with van der Waals surface area (Å²) >= 11 is 2.19.